The van der Waals surface area contributed by atoms with E-state index in [-0.39, 0.29) is 17.1 Å². The highest BCUT2D eigenvalue weighted by Crippen LogP contribution is 2.22. The van der Waals surface area contributed by atoms with Gasteiger partial charge in [0.1, 0.15) is 17.3 Å². The van der Waals surface area contributed by atoms with Crippen molar-refractivity contribution in [2.24, 2.45) is 0 Å². The van der Waals surface area contributed by atoms with Crippen LogP contribution in [0.3, 0.4) is 0 Å². The van der Waals surface area contributed by atoms with Crippen LogP contribution in [0.2, 0.25) is 0 Å². The van der Waals surface area contributed by atoms with Crippen LogP contribution in [-0.4, -0.2) is 25.1 Å². The summed E-state index contributed by atoms with van der Waals surface area (Å²) in [6.07, 6.45) is 6.41. The molecule has 0 radical (unpaired) electrons. The Balaban J connectivity index is 2.16. The fourth-order valence-electron chi connectivity index (χ4n) is 2.50. The average Bonchev–Trinajstić information content (AvgIpc) is 2.70. The van der Waals surface area contributed by atoms with Crippen molar-refractivity contribution in [1.29, 1.82) is 0 Å². The van der Waals surface area contributed by atoms with E-state index in [1.165, 1.54) is 12.2 Å². The number of aliphatic hydroxyl groups excluding tert-OH is 1. The van der Waals surface area contributed by atoms with Crippen molar-refractivity contribution in [1.82, 2.24) is 0 Å². The molecule has 0 atom stereocenters. The van der Waals surface area contributed by atoms with Crippen LogP contribution in [0.15, 0.2) is 65.9 Å². The second kappa shape index (κ2) is 9.43. The first-order valence-electron chi connectivity index (χ1n) is 8.54. The Kier molecular flexibility index (Phi) is 7.00. The van der Waals surface area contributed by atoms with Gasteiger partial charge < -0.3 is 14.6 Å². The van der Waals surface area contributed by atoms with Crippen molar-refractivity contribution in [2.75, 3.05) is 14.2 Å². The summed E-state index contributed by atoms with van der Waals surface area (Å²) in [5, 5.41) is 10.2. The molecule has 0 saturated carbocycles. The van der Waals surface area contributed by atoms with Crippen LogP contribution in [0.4, 0.5) is 0 Å². The third-order valence-electron chi connectivity index (χ3n) is 4.24. The number of allylic oxidation sites excluding steroid dienone is 3. The Labute approximate surface area is 160 Å². The second-order valence-corrected chi connectivity index (χ2v) is 5.99. The van der Waals surface area contributed by atoms with Crippen LogP contribution in [0.1, 0.15) is 23.6 Å². The predicted octanol–water partition coefficient (Wildman–Crippen LogP) is 5.14. The summed E-state index contributed by atoms with van der Waals surface area (Å²) >= 11 is 0. The number of ether oxygens (including phenoxy) is 2. The Bertz CT molecular complexity index is 904. The van der Waals surface area contributed by atoms with Crippen molar-refractivity contribution in [3.63, 3.8) is 0 Å². The first kappa shape index (κ1) is 20.0. The summed E-state index contributed by atoms with van der Waals surface area (Å²) in [5.74, 6) is 1.16. The van der Waals surface area contributed by atoms with Crippen molar-refractivity contribution < 1.29 is 19.4 Å². The molecule has 2 aromatic rings. The van der Waals surface area contributed by atoms with Gasteiger partial charge in [0, 0.05) is 5.57 Å². The number of carbonyl (C=O) groups excluding carboxylic acids is 1. The van der Waals surface area contributed by atoms with Crippen LogP contribution in [0.25, 0.3) is 12.2 Å². The Morgan fingerprint density at radius 2 is 1.74 bits per heavy atom. The van der Waals surface area contributed by atoms with Gasteiger partial charge >= 0.3 is 0 Å². The predicted molar refractivity (Wildman–Crippen MR) is 109 cm³/mol. The van der Waals surface area contributed by atoms with Crippen LogP contribution in [-0.2, 0) is 4.79 Å². The van der Waals surface area contributed by atoms with E-state index in [2.05, 4.69) is 0 Å². The third-order valence-corrected chi connectivity index (χ3v) is 4.24. The highest BCUT2D eigenvalue weighted by Gasteiger charge is 2.06. The lowest BCUT2D eigenvalue weighted by Gasteiger charge is -2.07. The van der Waals surface area contributed by atoms with Gasteiger partial charge in [0.05, 0.1) is 14.2 Å². The van der Waals surface area contributed by atoms with E-state index in [1.54, 1.807) is 33.3 Å². The molecule has 0 amide bonds. The fraction of sp³-hybridized carbons (Fsp3) is 0.174. The van der Waals surface area contributed by atoms with Gasteiger partial charge in [-0.3, -0.25) is 4.79 Å². The van der Waals surface area contributed by atoms with Crippen LogP contribution >= 0.6 is 0 Å². The minimum Gasteiger partial charge on any atom is -0.508 e. The van der Waals surface area contributed by atoms with E-state index in [9.17, 15) is 9.90 Å². The molecule has 0 unspecified atom stereocenters. The molecule has 4 nitrogen and oxygen atoms in total. The lowest BCUT2D eigenvalue weighted by molar-refractivity contribution is -0.111. The first-order valence-corrected chi connectivity index (χ1v) is 8.54. The van der Waals surface area contributed by atoms with Gasteiger partial charge in [0.2, 0.25) is 0 Å². The number of benzene rings is 2. The lowest BCUT2D eigenvalue weighted by Crippen LogP contribution is -1.98. The molecule has 27 heavy (non-hydrogen) atoms. The Morgan fingerprint density at radius 3 is 2.44 bits per heavy atom. The number of rotatable bonds is 7. The maximum atomic E-state index is 12.3. The molecular weight excluding hydrogens is 340 g/mol. The summed E-state index contributed by atoms with van der Waals surface area (Å²) in [4.78, 5) is 12.3. The number of carbonyl (C=O) groups is 1. The van der Waals surface area contributed by atoms with Crippen molar-refractivity contribution in [3.8, 4) is 11.5 Å². The molecule has 140 valence electrons. The van der Waals surface area contributed by atoms with E-state index >= 15 is 0 Å². The van der Waals surface area contributed by atoms with E-state index in [0.717, 1.165) is 28.2 Å². The Hall–Kier alpha value is -3.27. The zero-order valence-electron chi connectivity index (χ0n) is 16.0. The van der Waals surface area contributed by atoms with Gasteiger partial charge in [-0.15, -0.1) is 0 Å². The molecule has 0 aliphatic carbocycles. The van der Waals surface area contributed by atoms with E-state index in [4.69, 9.17) is 9.47 Å². The molecule has 0 spiro atoms. The molecule has 1 N–H and O–H groups in total. The normalized spacial score (nSPS) is 12.3. The maximum absolute atomic E-state index is 12.3. The van der Waals surface area contributed by atoms with Crippen molar-refractivity contribution in [2.45, 2.75) is 13.8 Å². The van der Waals surface area contributed by atoms with Crippen LogP contribution in [0.5, 0.6) is 11.5 Å². The third kappa shape index (κ3) is 5.35. The van der Waals surface area contributed by atoms with Gasteiger partial charge in [-0.05, 0) is 60.9 Å². The summed E-state index contributed by atoms with van der Waals surface area (Å²) in [5.41, 5.74) is 2.99. The molecular formula is C23H24O4. The summed E-state index contributed by atoms with van der Waals surface area (Å²) in [6, 6.07) is 13.1. The smallest absolute Gasteiger partial charge is 0.185 e. The molecule has 0 bridgehead atoms. The van der Waals surface area contributed by atoms with Crippen molar-refractivity contribution in [3.05, 3.63) is 82.6 Å². The summed E-state index contributed by atoms with van der Waals surface area (Å²) < 4.78 is 10.4. The quantitative estimate of drug-likeness (QED) is 0.420. The molecule has 0 aliphatic heterocycles. The zero-order valence-corrected chi connectivity index (χ0v) is 16.0. The number of aliphatic hydroxyl groups is 1. The van der Waals surface area contributed by atoms with E-state index in [1.807, 2.05) is 49.4 Å². The van der Waals surface area contributed by atoms with Gasteiger partial charge in [0.25, 0.3) is 0 Å². The monoisotopic (exact) mass is 364 g/mol. The van der Waals surface area contributed by atoms with E-state index < -0.39 is 0 Å². The largest absolute Gasteiger partial charge is 0.508 e. The summed E-state index contributed by atoms with van der Waals surface area (Å²) in [7, 11) is 3.21. The average molecular weight is 364 g/mol. The molecule has 0 saturated heterocycles. The standard InChI is InChI=1S/C23H24O4/c1-16-19(8-6-10-23(16)27-4)12-14-22(25)17(2)21(24)13-11-18-7-5-9-20(15-18)26-3/h5-15,25H,1-4H3/b13-11+,14-12+,22-17-. The van der Waals surface area contributed by atoms with E-state index in [0.29, 0.717) is 0 Å². The highest BCUT2D eigenvalue weighted by atomic mass is 16.5. The first-order chi connectivity index (χ1) is 13.0. The molecule has 0 fully saturated rings. The van der Waals surface area contributed by atoms with Gasteiger partial charge in [-0.1, -0.05) is 36.4 Å². The second-order valence-electron chi connectivity index (χ2n) is 5.99. The number of hydrogen-bond donors (Lipinski definition) is 1. The fourth-order valence-corrected chi connectivity index (χ4v) is 2.50. The lowest BCUT2D eigenvalue weighted by atomic mass is 10.1. The summed E-state index contributed by atoms with van der Waals surface area (Å²) in [6.45, 7) is 3.53. The molecule has 0 heterocycles. The van der Waals surface area contributed by atoms with Gasteiger partial charge in [-0.25, -0.2) is 0 Å². The van der Waals surface area contributed by atoms with Gasteiger partial charge in [0.15, 0.2) is 5.78 Å². The molecule has 4 heteroatoms. The number of ketones is 1. The minimum atomic E-state index is -0.262. The van der Waals surface area contributed by atoms with Crippen LogP contribution in [0, 0.1) is 6.92 Å². The zero-order chi connectivity index (χ0) is 19.8. The SMILES string of the molecule is COc1cccc(/C=C/C(=O)/C(C)=C(O)/C=C/c2cccc(OC)c2C)c1. The topological polar surface area (TPSA) is 55.8 Å². The molecule has 2 aromatic carbocycles. The molecule has 0 aliphatic rings. The number of hydrogen-bond acceptors (Lipinski definition) is 4. The maximum Gasteiger partial charge on any atom is 0.185 e. The molecule has 2 rings (SSSR count). The Morgan fingerprint density at radius 1 is 1.00 bits per heavy atom. The van der Waals surface area contributed by atoms with Crippen LogP contribution < -0.4 is 9.47 Å². The highest BCUT2D eigenvalue weighted by molar-refractivity contribution is 6.06. The van der Waals surface area contributed by atoms with Gasteiger partial charge in [-0.2, -0.15) is 0 Å². The molecule has 0 aromatic heterocycles. The minimum absolute atomic E-state index is 0.0717. The number of methoxy groups -OCH3 is 2. The van der Waals surface area contributed by atoms with Crippen molar-refractivity contribution >= 4 is 17.9 Å².